The van der Waals surface area contributed by atoms with Crippen LogP contribution in [0.25, 0.3) is 0 Å². The maximum Gasteiger partial charge on any atom is 0.308 e. The number of ether oxygens (including phenoxy) is 4. The molecule has 7 heteroatoms. The van der Waals surface area contributed by atoms with Gasteiger partial charge in [-0.25, -0.2) is 0 Å². The van der Waals surface area contributed by atoms with Gasteiger partial charge in [-0.15, -0.1) is 0 Å². The van der Waals surface area contributed by atoms with Gasteiger partial charge in [0.1, 0.15) is 0 Å². The van der Waals surface area contributed by atoms with Crippen molar-refractivity contribution in [2.24, 2.45) is 0 Å². The van der Waals surface area contributed by atoms with Gasteiger partial charge in [-0.05, 0) is 26.2 Å². The van der Waals surface area contributed by atoms with Gasteiger partial charge in [0, 0.05) is 19.8 Å². The van der Waals surface area contributed by atoms with E-state index in [1.54, 1.807) is 13.8 Å². The summed E-state index contributed by atoms with van der Waals surface area (Å²) in [4.78, 5) is 22.1. The number of unbranched alkanes of at least 4 members (excludes halogenated alkanes) is 2. The average Bonchev–Trinajstić information content (AvgIpc) is 2.47. The molecule has 0 saturated heterocycles. The first-order valence-electron chi connectivity index (χ1n) is 8.70. The SMILES string of the molecule is CCCCOC(C)(OCCCC)OC(C)OC(=O)CCCC(=O)O. The number of esters is 1. The van der Waals surface area contributed by atoms with E-state index in [1.807, 2.05) is 0 Å². The van der Waals surface area contributed by atoms with Gasteiger partial charge < -0.3 is 19.3 Å². The van der Waals surface area contributed by atoms with Crippen molar-refractivity contribution in [3.8, 4) is 0 Å². The van der Waals surface area contributed by atoms with E-state index in [4.69, 9.17) is 24.1 Å². The first-order valence-corrected chi connectivity index (χ1v) is 8.70. The molecule has 0 aliphatic carbocycles. The van der Waals surface area contributed by atoms with Gasteiger partial charge >= 0.3 is 11.9 Å². The molecule has 0 bridgehead atoms. The third kappa shape index (κ3) is 12.3. The monoisotopic (exact) mass is 348 g/mol. The summed E-state index contributed by atoms with van der Waals surface area (Å²) in [7, 11) is 0. The molecule has 0 aromatic heterocycles. The molecule has 1 atom stereocenters. The molecule has 1 N–H and O–H groups in total. The largest absolute Gasteiger partial charge is 0.481 e. The zero-order chi connectivity index (χ0) is 18.4. The summed E-state index contributed by atoms with van der Waals surface area (Å²) in [6.45, 7) is 8.33. The molecule has 0 heterocycles. The summed E-state index contributed by atoms with van der Waals surface area (Å²) in [5.74, 6) is -2.72. The van der Waals surface area contributed by atoms with Crippen LogP contribution in [0.1, 0.15) is 72.6 Å². The second-order valence-corrected chi connectivity index (χ2v) is 5.69. The minimum atomic E-state index is -1.27. The van der Waals surface area contributed by atoms with Crippen molar-refractivity contribution >= 4 is 11.9 Å². The zero-order valence-corrected chi connectivity index (χ0v) is 15.3. The van der Waals surface area contributed by atoms with Crippen LogP contribution in [0.5, 0.6) is 0 Å². The highest BCUT2D eigenvalue weighted by Gasteiger charge is 2.31. The summed E-state index contributed by atoms with van der Waals surface area (Å²) >= 11 is 0. The van der Waals surface area contributed by atoms with Crippen LogP contribution in [0.4, 0.5) is 0 Å². The van der Waals surface area contributed by atoms with Gasteiger partial charge in [-0.1, -0.05) is 26.7 Å². The third-order valence-electron chi connectivity index (χ3n) is 3.17. The number of aliphatic carboxylic acids is 1. The van der Waals surface area contributed by atoms with Crippen LogP contribution < -0.4 is 0 Å². The highest BCUT2D eigenvalue weighted by Crippen LogP contribution is 2.19. The lowest BCUT2D eigenvalue weighted by molar-refractivity contribution is -0.403. The van der Waals surface area contributed by atoms with E-state index in [-0.39, 0.29) is 19.3 Å². The van der Waals surface area contributed by atoms with Gasteiger partial charge in [0.05, 0.1) is 13.2 Å². The Hall–Kier alpha value is -1.18. The normalized spacial score (nSPS) is 12.8. The second kappa shape index (κ2) is 13.1. The van der Waals surface area contributed by atoms with Crippen LogP contribution in [0, 0.1) is 0 Å². The molecule has 7 nitrogen and oxygen atoms in total. The first kappa shape index (κ1) is 22.8. The van der Waals surface area contributed by atoms with E-state index in [0.29, 0.717) is 13.2 Å². The quantitative estimate of drug-likeness (QED) is 0.275. The molecule has 0 radical (unpaired) electrons. The van der Waals surface area contributed by atoms with E-state index >= 15 is 0 Å². The molecule has 24 heavy (non-hydrogen) atoms. The maximum atomic E-state index is 11.7. The number of rotatable bonds is 15. The van der Waals surface area contributed by atoms with Crippen molar-refractivity contribution in [2.45, 2.75) is 84.9 Å². The lowest BCUT2D eigenvalue weighted by atomic mass is 10.2. The van der Waals surface area contributed by atoms with E-state index in [2.05, 4.69) is 13.8 Å². The molecular formula is C17H32O7. The van der Waals surface area contributed by atoms with E-state index in [9.17, 15) is 9.59 Å². The third-order valence-corrected chi connectivity index (χ3v) is 3.17. The molecule has 0 rings (SSSR count). The molecule has 0 saturated carbocycles. The predicted molar refractivity (Wildman–Crippen MR) is 88.3 cm³/mol. The fourth-order valence-corrected chi connectivity index (χ4v) is 1.87. The Balaban J connectivity index is 4.35. The standard InChI is InChI=1S/C17H32O7/c1-5-7-12-21-17(4,22-13-8-6-2)24-14(3)23-16(20)11-9-10-15(18)19/h14H,5-13H2,1-4H3,(H,18,19). The van der Waals surface area contributed by atoms with Crippen molar-refractivity contribution in [3.05, 3.63) is 0 Å². The Kier molecular flexibility index (Phi) is 12.5. The number of carboxylic acids is 1. The summed E-state index contributed by atoms with van der Waals surface area (Å²) in [6.07, 6.45) is 3.07. The Labute approximate surface area is 144 Å². The minimum absolute atomic E-state index is 0.0318. The molecule has 1 unspecified atom stereocenters. The smallest absolute Gasteiger partial charge is 0.308 e. The van der Waals surface area contributed by atoms with Crippen molar-refractivity contribution in [1.29, 1.82) is 0 Å². The van der Waals surface area contributed by atoms with Crippen LogP contribution in [-0.4, -0.2) is 42.5 Å². The molecule has 0 amide bonds. The summed E-state index contributed by atoms with van der Waals surface area (Å²) in [5, 5.41) is 8.56. The lowest BCUT2D eigenvalue weighted by Gasteiger charge is -2.32. The van der Waals surface area contributed by atoms with Crippen LogP contribution in [-0.2, 0) is 28.5 Å². The Morgan fingerprint density at radius 1 is 1.00 bits per heavy atom. The van der Waals surface area contributed by atoms with Crippen LogP contribution in [0.3, 0.4) is 0 Å². The molecule has 0 spiro atoms. The van der Waals surface area contributed by atoms with Crippen molar-refractivity contribution < 1.29 is 33.6 Å². The number of carbonyl (C=O) groups is 2. The highest BCUT2D eigenvalue weighted by molar-refractivity contribution is 5.71. The molecule has 142 valence electrons. The molecule has 0 fully saturated rings. The van der Waals surface area contributed by atoms with Crippen molar-refractivity contribution in [1.82, 2.24) is 0 Å². The second-order valence-electron chi connectivity index (χ2n) is 5.69. The molecular weight excluding hydrogens is 316 g/mol. The van der Waals surface area contributed by atoms with Crippen molar-refractivity contribution in [2.75, 3.05) is 13.2 Å². The number of carboxylic acid groups (broad SMARTS) is 1. The topological polar surface area (TPSA) is 91.3 Å². The van der Waals surface area contributed by atoms with Crippen LogP contribution >= 0.6 is 0 Å². The lowest BCUT2D eigenvalue weighted by Crippen LogP contribution is -2.40. The molecule has 0 aromatic carbocycles. The Morgan fingerprint density at radius 2 is 1.54 bits per heavy atom. The van der Waals surface area contributed by atoms with E-state index in [1.165, 1.54) is 0 Å². The average molecular weight is 348 g/mol. The minimum Gasteiger partial charge on any atom is -0.481 e. The van der Waals surface area contributed by atoms with Crippen LogP contribution in [0.15, 0.2) is 0 Å². The zero-order valence-electron chi connectivity index (χ0n) is 15.3. The summed E-state index contributed by atoms with van der Waals surface area (Å²) in [6, 6.07) is 0. The predicted octanol–water partition coefficient (Wildman–Crippen LogP) is 3.45. The first-order chi connectivity index (χ1) is 11.3. The summed E-state index contributed by atoms with van der Waals surface area (Å²) in [5.41, 5.74) is 0. The van der Waals surface area contributed by atoms with Crippen molar-refractivity contribution in [3.63, 3.8) is 0 Å². The maximum absolute atomic E-state index is 11.7. The number of hydrogen-bond donors (Lipinski definition) is 1. The highest BCUT2D eigenvalue weighted by atomic mass is 16.9. The molecule has 0 aliphatic heterocycles. The number of hydrogen-bond acceptors (Lipinski definition) is 6. The fraction of sp³-hybridized carbons (Fsp3) is 0.882. The van der Waals surface area contributed by atoms with E-state index < -0.39 is 24.2 Å². The van der Waals surface area contributed by atoms with Gasteiger partial charge in [0.2, 0.25) is 6.29 Å². The van der Waals surface area contributed by atoms with Gasteiger partial charge in [0.25, 0.3) is 5.97 Å². The molecule has 0 aliphatic rings. The molecule has 0 aromatic rings. The van der Waals surface area contributed by atoms with Gasteiger partial charge in [-0.2, -0.15) is 0 Å². The Morgan fingerprint density at radius 3 is 2.00 bits per heavy atom. The van der Waals surface area contributed by atoms with E-state index in [0.717, 1.165) is 25.7 Å². The fourth-order valence-electron chi connectivity index (χ4n) is 1.87. The van der Waals surface area contributed by atoms with Gasteiger partial charge in [-0.3, -0.25) is 14.3 Å². The summed E-state index contributed by atoms with van der Waals surface area (Å²) < 4.78 is 22.1. The van der Waals surface area contributed by atoms with Crippen LogP contribution in [0.2, 0.25) is 0 Å². The van der Waals surface area contributed by atoms with Gasteiger partial charge in [0.15, 0.2) is 0 Å². The number of carbonyl (C=O) groups excluding carboxylic acids is 1. The Bertz CT molecular complexity index is 347.